The van der Waals surface area contributed by atoms with Gasteiger partial charge in [0.15, 0.2) is 0 Å². The summed E-state index contributed by atoms with van der Waals surface area (Å²) in [6.07, 6.45) is 0.818. The predicted molar refractivity (Wildman–Crippen MR) is 164 cm³/mol. The minimum absolute atomic E-state index is 0.0294. The Bertz CT molecular complexity index is 1470. The molecule has 1 amide bonds. The summed E-state index contributed by atoms with van der Waals surface area (Å²) in [5.41, 5.74) is 0.847. The van der Waals surface area contributed by atoms with Crippen LogP contribution in [0.4, 0.5) is 19.0 Å². The highest BCUT2D eigenvalue weighted by Gasteiger charge is 2.35. The highest BCUT2D eigenvalue weighted by molar-refractivity contribution is 7.88. The van der Waals surface area contributed by atoms with E-state index in [0.717, 1.165) is 50.9 Å². The van der Waals surface area contributed by atoms with Crippen LogP contribution in [0.1, 0.15) is 77.6 Å². The quantitative estimate of drug-likeness (QED) is 0.447. The number of sulfonamides is 1. The summed E-state index contributed by atoms with van der Waals surface area (Å²) >= 11 is 0. The van der Waals surface area contributed by atoms with Gasteiger partial charge in [-0.25, -0.2) is 22.7 Å². The Labute approximate surface area is 263 Å². The summed E-state index contributed by atoms with van der Waals surface area (Å²) in [6, 6.07) is 5.68. The third-order valence-electron chi connectivity index (χ3n) is 9.46. The molecule has 5 rings (SSSR count). The van der Waals surface area contributed by atoms with Crippen LogP contribution in [0.25, 0.3) is 0 Å². The maximum absolute atomic E-state index is 13.6. The van der Waals surface area contributed by atoms with Crippen LogP contribution < -0.4 is 5.32 Å². The number of rotatable bonds is 8. The van der Waals surface area contributed by atoms with Crippen molar-refractivity contribution in [1.82, 2.24) is 24.1 Å². The van der Waals surface area contributed by atoms with Crippen LogP contribution in [0.15, 0.2) is 24.3 Å². The third kappa shape index (κ3) is 7.95. The molecule has 2 aromatic rings. The van der Waals surface area contributed by atoms with Gasteiger partial charge in [-0.2, -0.15) is 13.2 Å². The van der Waals surface area contributed by atoms with Crippen molar-refractivity contribution in [2.24, 2.45) is 0 Å². The van der Waals surface area contributed by atoms with Gasteiger partial charge in [0.25, 0.3) is 5.91 Å². The molecule has 1 aromatic heterocycles. The number of aromatic nitrogens is 2. The third-order valence-corrected chi connectivity index (χ3v) is 10.8. The van der Waals surface area contributed by atoms with Gasteiger partial charge in [0.05, 0.1) is 24.0 Å². The van der Waals surface area contributed by atoms with Crippen LogP contribution in [0.3, 0.4) is 0 Å². The number of anilines is 1. The molecule has 3 aliphatic rings. The van der Waals surface area contributed by atoms with E-state index >= 15 is 0 Å². The number of hydrogen-bond donors (Lipinski definition) is 1. The van der Waals surface area contributed by atoms with Gasteiger partial charge in [-0.1, -0.05) is 12.1 Å². The van der Waals surface area contributed by atoms with Crippen molar-refractivity contribution in [3.8, 4) is 0 Å². The molecule has 3 aliphatic heterocycles. The number of likely N-dealkylation sites (tertiary alicyclic amines) is 2. The summed E-state index contributed by atoms with van der Waals surface area (Å²) in [5, 5.41) is 3.30. The molecule has 0 unspecified atom stereocenters. The largest absolute Gasteiger partial charge is 0.416 e. The first-order valence-electron chi connectivity index (χ1n) is 15.6. The number of nitrogens with zero attached hydrogens (tertiary/aromatic N) is 5. The van der Waals surface area contributed by atoms with Crippen molar-refractivity contribution in [3.05, 3.63) is 52.5 Å². The fraction of sp³-hybridized carbons (Fsp3) is 0.645. The van der Waals surface area contributed by atoms with Crippen LogP contribution in [0.2, 0.25) is 0 Å². The van der Waals surface area contributed by atoms with Gasteiger partial charge in [-0.15, -0.1) is 0 Å². The van der Waals surface area contributed by atoms with E-state index in [-0.39, 0.29) is 18.1 Å². The Morgan fingerprint density at radius 1 is 1.04 bits per heavy atom. The van der Waals surface area contributed by atoms with Crippen molar-refractivity contribution < 1.29 is 31.1 Å². The molecular formula is C31H43F3N6O4S. The van der Waals surface area contributed by atoms with E-state index in [1.807, 2.05) is 11.8 Å². The van der Waals surface area contributed by atoms with E-state index in [1.54, 1.807) is 20.0 Å². The molecule has 0 saturated carbocycles. The van der Waals surface area contributed by atoms with Crippen molar-refractivity contribution in [2.45, 2.75) is 82.8 Å². The number of benzene rings is 1. The highest BCUT2D eigenvalue weighted by atomic mass is 32.2. The second-order valence-corrected chi connectivity index (χ2v) is 14.5. The molecule has 248 valence electrons. The lowest BCUT2D eigenvalue weighted by atomic mass is 9.97. The number of hydrogen-bond acceptors (Lipinski definition) is 8. The van der Waals surface area contributed by atoms with Crippen LogP contribution in [0, 0.1) is 13.8 Å². The number of amides is 1. The Balaban J connectivity index is 1.14. The van der Waals surface area contributed by atoms with Crippen LogP contribution in [-0.4, -0.2) is 103 Å². The first kappa shape index (κ1) is 33.6. The summed E-state index contributed by atoms with van der Waals surface area (Å²) in [5.74, 6) is 0.890. The van der Waals surface area contributed by atoms with Crippen molar-refractivity contribution in [1.29, 1.82) is 0 Å². The van der Waals surface area contributed by atoms with Gasteiger partial charge in [-0.05, 0) is 83.2 Å². The number of aryl methyl sites for hydroxylation is 1. The normalized spacial score (nSPS) is 22.7. The number of carbonyl (C=O) groups excluding carboxylic acids is 1. The molecule has 3 saturated heterocycles. The zero-order valence-electron chi connectivity index (χ0n) is 26.3. The minimum atomic E-state index is -4.40. The number of alkyl halides is 3. The minimum Gasteiger partial charge on any atom is -0.368 e. The topological polar surface area (TPSA) is 108 Å². The van der Waals surface area contributed by atoms with Gasteiger partial charge >= 0.3 is 6.18 Å². The average Bonchev–Trinajstić information content (AvgIpc) is 3.49. The van der Waals surface area contributed by atoms with E-state index < -0.39 is 27.9 Å². The van der Waals surface area contributed by atoms with Gasteiger partial charge < -0.3 is 19.9 Å². The van der Waals surface area contributed by atoms with Crippen LogP contribution in [-0.2, 0) is 20.9 Å². The average molecular weight is 653 g/mol. The fourth-order valence-electron chi connectivity index (χ4n) is 6.70. The second kappa shape index (κ2) is 13.5. The monoisotopic (exact) mass is 652 g/mol. The molecule has 1 N–H and O–H groups in total. The molecule has 10 nitrogen and oxygen atoms in total. The number of piperidine rings is 2. The van der Waals surface area contributed by atoms with E-state index in [2.05, 4.69) is 20.2 Å². The molecule has 0 bridgehead atoms. The molecular weight excluding hydrogens is 609 g/mol. The molecule has 14 heteroatoms. The summed E-state index contributed by atoms with van der Waals surface area (Å²) in [7, 11) is -1.55. The van der Waals surface area contributed by atoms with Gasteiger partial charge in [0.2, 0.25) is 10.0 Å². The van der Waals surface area contributed by atoms with E-state index in [0.29, 0.717) is 67.0 Å². The Morgan fingerprint density at radius 3 is 2.38 bits per heavy atom. The SMILES string of the molecule is Cc1nc(NC[C@H]2CC[C@H](c3cccc(C(F)(F)F)c3)O2)c(C)c(C(=O)N2CCC(N3CCC(N(C)S(C)(=O)=O)CC3)CC2)n1. The number of nitrogens with one attached hydrogen (secondary N) is 1. The first-order chi connectivity index (χ1) is 21.2. The van der Waals surface area contributed by atoms with Crippen LogP contribution in [0.5, 0.6) is 0 Å². The fourth-order valence-corrected chi connectivity index (χ4v) is 7.46. The number of carbonyl (C=O) groups is 1. The van der Waals surface area contributed by atoms with Gasteiger partial charge in [-0.3, -0.25) is 4.79 Å². The van der Waals surface area contributed by atoms with E-state index in [1.165, 1.54) is 16.6 Å². The van der Waals surface area contributed by atoms with Crippen molar-refractivity contribution >= 4 is 21.7 Å². The zero-order valence-corrected chi connectivity index (χ0v) is 27.1. The molecule has 2 atom stereocenters. The molecule has 0 spiro atoms. The Kier molecular flexibility index (Phi) is 10.1. The molecule has 4 heterocycles. The maximum atomic E-state index is 13.6. The summed E-state index contributed by atoms with van der Waals surface area (Å²) in [4.78, 5) is 26.9. The zero-order chi connectivity index (χ0) is 32.5. The maximum Gasteiger partial charge on any atom is 0.416 e. The standard InChI is InChI=1S/C31H43F3N6O4S/c1-20-28(30(41)40-16-12-25(13-17-40)39-14-10-24(11-15-39)38(3)45(4,42)43)36-21(2)37-29(20)35-19-26-8-9-27(44-26)22-6-5-7-23(18-22)31(32,33)34/h5-7,18,24-27H,8-17,19H2,1-4H3,(H,35,36,37)/t26-,27-/m1/s1. The summed E-state index contributed by atoms with van der Waals surface area (Å²) in [6.45, 7) is 6.88. The molecule has 1 aromatic carbocycles. The first-order valence-corrected chi connectivity index (χ1v) is 17.4. The Morgan fingerprint density at radius 2 is 1.73 bits per heavy atom. The molecule has 3 fully saturated rings. The lowest BCUT2D eigenvalue weighted by molar-refractivity contribution is -0.137. The second-order valence-electron chi connectivity index (χ2n) is 12.5. The van der Waals surface area contributed by atoms with Crippen molar-refractivity contribution in [3.63, 3.8) is 0 Å². The van der Waals surface area contributed by atoms with Gasteiger partial charge in [0, 0.05) is 44.3 Å². The lowest BCUT2D eigenvalue weighted by Gasteiger charge is -2.43. The van der Waals surface area contributed by atoms with E-state index in [9.17, 15) is 26.4 Å². The van der Waals surface area contributed by atoms with Gasteiger partial charge in [0.1, 0.15) is 17.3 Å². The molecule has 45 heavy (non-hydrogen) atoms. The van der Waals surface area contributed by atoms with Crippen molar-refractivity contribution in [2.75, 3.05) is 51.3 Å². The molecule has 0 radical (unpaired) electrons. The molecule has 0 aliphatic carbocycles. The summed E-state index contributed by atoms with van der Waals surface area (Å²) < 4.78 is 70.9. The smallest absolute Gasteiger partial charge is 0.368 e. The number of ether oxygens (including phenoxy) is 1. The highest BCUT2D eigenvalue weighted by Crippen LogP contribution is 2.36. The van der Waals surface area contributed by atoms with Crippen LogP contribution >= 0.6 is 0 Å². The predicted octanol–water partition coefficient (Wildman–Crippen LogP) is 4.40. The Hall–Kier alpha value is -2.81. The number of halogens is 3. The lowest BCUT2D eigenvalue weighted by Crippen LogP contribution is -2.52. The van der Waals surface area contributed by atoms with E-state index in [4.69, 9.17) is 4.74 Å².